The lowest BCUT2D eigenvalue weighted by Gasteiger charge is -2.08. The fraction of sp³-hybridized carbons (Fsp3) is 0.158. The number of rotatable bonds is 5. The molecule has 116 valence electrons. The Bertz CT molecular complexity index is 813. The molecule has 0 fully saturated rings. The third-order valence-electron chi connectivity index (χ3n) is 3.51. The molecular weight excluding hydrogens is 288 g/mol. The van der Waals surface area contributed by atoms with Crippen LogP contribution in [0.5, 0.6) is 5.75 Å². The quantitative estimate of drug-likeness (QED) is 0.787. The molecule has 4 heteroatoms. The minimum absolute atomic E-state index is 0.00333. The number of pyridine rings is 1. The van der Waals surface area contributed by atoms with E-state index in [1.807, 2.05) is 67.6 Å². The summed E-state index contributed by atoms with van der Waals surface area (Å²) in [6.07, 6.45) is 0. The molecule has 0 bridgehead atoms. The number of aryl methyl sites for hydroxylation is 1. The maximum absolute atomic E-state index is 11.9. The van der Waals surface area contributed by atoms with Crippen molar-refractivity contribution in [2.24, 2.45) is 0 Å². The highest BCUT2D eigenvalue weighted by Gasteiger charge is 2.04. The standard InChI is InChI=1S/C19H18N2O2/c1-14-6-10-17(11-7-14)23-13-19(22)20-12-16-9-8-15-4-2-3-5-18(15)21-16/h2-11H,12-13H2,1H3,(H,20,22). The minimum Gasteiger partial charge on any atom is -0.484 e. The molecule has 3 rings (SSSR count). The van der Waals surface area contributed by atoms with Gasteiger partial charge in [-0.05, 0) is 31.2 Å². The molecule has 0 saturated heterocycles. The topological polar surface area (TPSA) is 51.2 Å². The van der Waals surface area contributed by atoms with Crippen LogP contribution in [0, 0.1) is 6.92 Å². The smallest absolute Gasteiger partial charge is 0.258 e. The van der Waals surface area contributed by atoms with Crippen LogP contribution in [0.25, 0.3) is 10.9 Å². The molecule has 3 aromatic rings. The normalized spacial score (nSPS) is 10.5. The van der Waals surface area contributed by atoms with Gasteiger partial charge >= 0.3 is 0 Å². The Balaban J connectivity index is 1.52. The maximum Gasteiger partial charge on any atom is 0.258 e. The van der Waals surface area contributed by atoms with Crippen molar-refractivity contribution in [2.45, 2.75) is 13.5 Å². The van der Waals surface area contributed by atoms with Crippen LogP contribution in [-0.2, 0) is 11.3 Å². The van der Waals surface area contributed by atoms with Crippen LogP contribution in [0.3, 0.4) is 0 Å². The average molecular weight is 306 g/mol. The van der Waals surface area contributed by atoms with Crippen molar-refractivity contribution in [3.63, 3.8) is 0 Å². The van der Waals surface area contributed by atoms with Gasteiger partial charge < -0.3 is 10.1 Å². The first kappa shape index (κ1) is 15.0. The summed E-state index contributed by atoms with van der Waals surface area (Å²) in [4.78, 5) is 16.4. The second kappa shape index (κ2) is 6.92. The van der Waals surface area contributed by atoms with Gasteiger partial charge in [0.15, 0.2) is 6.61 Å². The van der Waals surface area contributed by atoms with E-state index in [1.54, 1.807) is 0 Å². The Morgan fingerprint density at radius 1 is 1.04 bits per heavy atom. The second-order valence-electron chi connectivity index (χ2n) is 5.37. The number of nitrogens with one attached hydrogen (secondary N) is 1. The van der Waals surface area contributed by atoms with Crippen LogP contribution >= 0.6 is 0 Å². The van der Waals surface area contributed by atoms with E-state index in [0.717, 1.165) is 22.2 Å². The molecule has 1 amide bonds. The number of para-hydroxylation sites is 1. The van der Waals surface area contributed by atoms with E-state index in [0.29, 0.717) is 12.3 Å². The summed E-state index contributed by atoms with van der Waals surface area (Å²) < 4.78 is 5.45. The number of benzene rings is 2. The molecule has 0 saturated carbocycles. The van der Waals surface area contributed by atoms with E-state index in [9.17, 15) is 4.79 Å². The van der Waals surface area contributed by atoms with Crippen LogP contribution < -0.4 is 10.1 Å². The summed E-state index contributed by atoms with van der Waals surface area (Å²) in [7, 11) is 0. The van der Waals surface area contributed by atoms with Crippen molar-refractivity contribution in [1.29, 1.82) is 0 Å². The maximum atomic E-state index is 11.9. The van der Waals surface area contributed by atoms with Crippen molar-refractivity contribution < 1.29 is 9.53 Å². The van der Waals surface area contributed by atoms with Crippen LogP contribution in [0.4, 0.5) is 0 Å². The van der Waals surface area contributed by atoms with Gasteiger partial charge in [0.05, 0.1) is 17.8 Å². The summed E-state index contributed by atoms with van der Waals surface area (Å²) in [6.45, 7) is 2.39. The van der Waals surface area contributed by atoms with Crippen molar-refractivity contribution in [1.82, 2.24) is 10.3 Å². The monoisotopic (exact) mass is 306 g/mol. The predicted molar refractivity (Wildman–Crippen MR) is 90.3 cm³/mol. The molecule has 0 spiro atoms. The number of nitrogens with zero attached hydrogens (tertiary/aromatic N) is 1. The molecular formula is C19H18N2O2. The number of hydrogen-bond donors (Lipinski definition) is 1. The van der Waals surface area contributed by atoms with E-state index in [4.69, 9.17) is 4.74 Å². The zero-order chi connectivity index (χ0) is 16.1. The van der Waals surface area contributed by atoms with Crippen molar-refractivity contribution in [2.75, 3.05) is 6.61 Å². The van der Waals surface area contributed by atoms with Gasteiger partial charge in [-0.1, -0.05) is 42.0 Å². The third-order valence-corrected chi connectivity index (χ3v) is 3.51. The summed E-state index contributed by atoms with van der Waals surface area (Å²) in [6, 6.07) is 19.4. The number of fused-ring (bicyclic) bond motifs is 1. The molecule has 2 aromatic carbocycles. The van der Waals surface area contributed by atoms with Gasteiger partial charge in [0.1, 0.15) is 5.75 Å². The molecule has 1 heterocycles. The molecule has 4 nitrogen and oxygen atoms in total. The number of aromatic nitrogens is 1. The lowest BCUT2D eigenvalue weighted by atomic mass is 10.2. The third kappa shape index (κ3) is 4.07. The van der Waals surface area contributed by atoms with Gasteiger partial charge in [0.25, 0.3) is 5.91 Å². The highest BCUT2D eigenvalue weighted by atomic mass is 16.5. The second-order valence-corrected chi connectivity index (χ2v) is 5.37. The van der Waals surface area contributed by atoms with E-state index >= 15 is 0 Å². The van der Waals surface area contributed by atoms with E-state index in [2.05, 4.69) is 10.3 Å². The first-order chi connectivity index (χ1) is 11.2. The molecule has 0 aliphatic heterocycles. The first-order valence-corrected chi connectivity index (χ1v) is 7.51. The van der Waals surface area contributed by atoms with Gasteiger partial charge in [-0.15, -0.1) is 0 Å². The number of carbonyl (C=O) groups excluding carboxylic acids is 1. The van der Waals surface area contributed by atoms with Crippen LogP contribution in [-0.4, -0.2) is 17.5 Å². The predicted octanol–water partition coefficient (Wildman–Crippen LogP) is 3.24. The molecule has 1 N–H and O–H groups in total. The summed E-state index contributed by atoms with van der Waals surface area (Å²) >= 11 is 0. The van der Waals surface area contributed by atoms with Gasteiger partial charge in [-0.25, -0.2) is 0 Å². The zero-order valence-electron chi connectivity index (χ0n) is 13.0. The molecule has 23 heavy (non-hydrogen) atoms. The lowest BCUT2D eigenvalue weighted by Crippen LogP contribution is -2.28. The molecule has 0 radical (unpaired) electrons. The van der Waals surface area contributed by atoms with Crippen LogP contribution in [0.15, 0.2) is 60.7 Å². The van der Waals surface area contributed by atoms with Crippen LogP contribution in [0.1, 0.15) is 11.3 Å². The fourth-order valence-electron chi connectivity index (χ4n) is 2.23. The van der Waals surface area contributed by atoms with Crippen molar-refractivity contribution in [3.05, 3.63) is 71.9 Å². The Hall–Kier alpha value is -2.88. The summed E-state index contributed by atoms with van der Waals surface area (Å²) in [5.41, 5.74) is 2.91. The van der Waals surface area contributed by atoms with Gasteiger partial charge in [-0.3, -0.25) is 9.78 Å². The van der Waals surface area contributed by atoms with Crippen LogP contribution in [0.2, 0.25) is 0 Å². The van der Waals surface area contributed by atoms with E-state index < -0.39 is 0 Å². The zero-order valence-corrected chi connectivity index (χ0v) is 13.0. The average Bonchev–Trinajstić information content (AvgIpc) is 2.59. The largest absolute Gasteiger partial charge is 0.484 e. The van der Waals surface area contributed by atoms with Gasteiger partial charge in [-0.2, -0.15) is 0 Å². The number of ether oxygens (including phenoxy) is 1. The minimum atomic E-state index is -0.166. The summed E-state index contributed by atoms with van der Waals surface area (Å²) in [5.74, 6) is 0.523. The fourth-order valence-corrected chi connectivity index (χ4v) is 2.23. The Labute approximate surface area is 135 Å². The SMILES string of the molecule is Cc1ccc(OCC(=O)NCc2ccc3ccccc3n2)cc1. The van der Waals surface area contributed by atoms with Crippen molar-refractivity contribution >= 4 is 16.8 Å². The van der Waals surface area contributed by atoms with Crippen molar-refractivity contribution in [3.8, 4) is 5.75 Å². The molecule has 0 aliphatic rings. The number of carbonyl (C=O) groups is 1. The Morgan fingerprint density at radius 3 is 2.65 bits per heavy atom. The number of hydrogen-bond acceptors (Lipinski definition) is 3. The molecule has 1 aromatic heterocycles. The highest BCUT2D eigenvalue weighted by Crippen LogP contribution is 2.12. The highest BCUT2D eigenvalue weighted by molar-refractivity contribution is 5.79. The number of amides is 1. The van der Waals surface area contributed by atoms with Gasteiger partial charge in [0.2, 0.25) is 0 Å². The van der Waals surface area contributed by atoms with Gasteiger partial charge in [0, 0.05) is 5.39 Å². The van der Waals surface area contributed by atoms with E-state index in [-0.39, 0.29) is 12.5 Å². The lowest BCUT2D eigenvalue weighted by molar-refractivity contribution is -0.123. The molecule has 0 aliphatic carbocycles. The Kier molecular flexibility index (Phi) is 4.52. The summed E-state index contributed by atoms with van der Waals surface area (Å²) in [5, 5.41) is 3.91. The van der Waals surface area contributed by atoms with E-state index in [1.165, 1.54) is 0 Å². The first-order valence-electron chi connectivity index (χ1n) is 7.51. The Morgan fingerprint density at radius 2 is 1.83 bits per heavy atom. The molecule has 0 unspecified atom stereocenters. The molecule has 0 atom stereocenters.